The van der Waals surface area contributed by atoms with Gasteiger partial charge in [-0.3, -0.25) is 9.67 Å². The molecule has 3 heterocycles. The molecule has 0 saturated carbocycles. The Labute approximate surface area is 101 Å². The van der Waals surface area contributed by atoms with Gasteiger partial charge in [0.2, 0.25) is 0 Å². The van der Waals surface area contributed by atoms with E-state index in [0.717, 1.165) is 24.4 Å². The van der Waals surface area contributed by atoms with E-state index in [9.17, 15) is 0 Å². The molecule has 0 bridgehead atoms. The van der Waals surface area contributed by atoms with Gasteiger partial charge in [0.05, 0.1) is 5.69 Å². The molecule has 0 unspecified atom stereocenters. The fourth-order valence-electron chi connectivity index (χ4n) is 2.39. The minimum atomic E-state index is 0.974. The zero-order valence-corrected chi connectivity index (χ0v) is 10.2. The minimum Gasteiger partial charge on any atom is -0.269 e. The number of aromatic nitrogens is 3. The highest BCUT2D eigenvalue weighted by Gasteiger charge is 2.13. The number of hydrogen-bond donors (Lipinski definition) is 0. The van der Waals surface area contributed by atoms with Crippen molar-refractivity contribution in [3.05, 3.63) is 35.8 Å². The Bertz CT molecular complexity index is 505. The molecule has 0 spiro atoms. The monoisotopic (exact) mass is 227 g/mol. The molecule has 3 rings (SSSR count). The summed E-state index contributed by atoms with van der Waals surface area (Å²) in [4.78, 5) is 4.33. The summed E-state index contributed by atoms with van der Waals surface area (Å²) in [5.74, 6) is 0. The first-order chi connectivity index (χ1) is 8.36. The van der Waals surface area contributed by atoms with E-state index in [4.69, 9.17) is 0 Å². The highest BCUT2D eigenvalue weighted by atomic mass is 15.3. The smallest absolute Gasteiger partial charge is 0.0927 e. The molecule has 3 nitrogen and oxygen atoms in total. The van der Waals surface area contributed by atoms with Crippen LogP contribution in [0.5, 0.6) is 0 Å². The van der Waals surface area contributed by atoms with Crippen LogP contribution < -0.4 is 0 Å². The summed E-state index contributed by atoms with van der Waals surface area (Å²) in [6.07, 6.45) is 6.57. The van der Waals surface area contributed by atoms with E-state index in [1.807, 2.05) is 12.3 Å². The van der Waals surface area contributed by atoms with Gasteiger partial charge in [-0.2, -0.15) is 5.10 Å². The van der Waals surface area contributed by atoms with E-state index in [-0.39, 0.29) is 0 Å². The van der Waals surface area contributed by atoms with Crippen LogP contribution in [0.1, 0.15) is 31.2 Å². The van der Waals surface area contributed by atoms with Gasteiger partial charge in [0.15, 0.2) is 0 Å². The lowest BCUT2D eigenvalue weighted by molar-refractivity contribution is 0.487. The van der Waals surface area contributed by atoms with Crippen molar-refractivity contribution in [1.29, 1.82) is 0 Å². The van der Waals surface area contributed by atoms with Crippen LogP contribution in [-0.4, -0.2) is 14.8 Å². The largest absolute Gasteiger partial charge is 0.269 e. The fraction of sp³-hybridized carbons (Fsp3) is 0.429. The summed E-state index contributed by atoms with van der Waals surface area (Å²) in [7, 11) is 0. The lowest BCUT2D eigenvalue weighted by Gasteiger charge is -2.11. The first-order valence-electron chi connectivity index (χ1n) is 6.39. The molecule has 88 valence electrons. The molecular formula is C14H17N3. The Kier molecular flexibility index (Phi) is 2.67. The van der Waals surface area contributed by atoms with Crippen LogP contribution in [0.25, 0.3) is 11.3 Å². The molecule has 0 N–H and O–H groups in total. The van der Waals surface area contributed by atoms with Gasteiger partial charge in [0, 0.05) is 29.7 Å². The Morgan fingerprint density at radius 2 is 2.24 bits per heavy atom. The summed E-state index contributed by atoms with van der Waals surface area (Å²) >= 11 is 0. The minimum absolute atomic E-state index is 0.974. The van der Waals surface area contributed by atoms with Gasteiger partial charge in [-0.25, -0.2) is 0 Å². The average molecular weight is 227 g/mol. The molecule has 0 atom stereocenters. The third-order valence-electron chi connectivity index (χ3n) is 3.39. The van der Waals surface area contributed by atoms with E-state index >= 15 is 0 Å². The highest BCUT2D eigenvalue weighted by Crippen LogP contribution is 2.23. The number of rotatable bonds is 2. The number of nitrogens with zero attached hydrogens (tertiary/aromatic N) is 3. The molecule has 2 aromatic heterocycles. The standard InChI is InChI=1S/C14H17N3/c1-2-12-9-11(6-7-15-12)14-10-13-5-3-4-8-17(13)16-14/h6-7,9-10H,2-5,8H2,1H3. The van der Waals surface area contributed by atoms with E-state index in [2.05, 4.69) is 33.8 Å². The van der Waals surface area contributed by atoms with Crippen molar-refractivity contribution in [3.8, 4) is 11.3 Å². The lowest BCUT2D eigenvalue weighted by atomic mass is 10.1. The highest BCUT2D eigenvalue weighted by molar-refractivity contribution is 5.59. The quantitative estimate of drug-likeness (QED) is 0.789. The number of hydrogen-bond acceptors (Lipinski definition) is 2. The summed E-state index contributed by atoms with van der Waals surface area (Å²) < 4.78 is 2.16. The summed E-state index contributed by atoms with van der Waals surface area (Å²) in [5.41, 5.74) is 4.80. The van der Waals surface area contributed by atoms with Crippen LogP contribution in [0, 0.1) is 0 Å². The number of fused-ring (bicyclic) bond motifs is 1. The molecule has 0 radical (unpaired) electrons. The Morgan fingerprint density at radius 3 is 3.06 bits per heavy atom. The number of aryl methyl sites for hydroxylation is 3. The normalized spacial score (nSPS) is 14.6. The van der Waals surface area contributed by atoms with Crippen molar-refractivity contribution in [2.75, 3.05) is 0 Å². The molecule has 1 aliphatic heterocycles. The second-order valence-electron chi connectivity index (χ2n) is 4.59. The molecule has 1 aliphatic rings. The van der Waals surface area contributed by atoms with Gasteiger partial charge in [-0.1, -0.05) is 6.92 Å². The van der Waals surface area contributed by atoms with Crippen molar-refractivity contribution in [3.63, 3.8) is 0 Å². The molecule has 17 heavy (non-hydrogen) atoms. The Morgan fingerprint density at radius 1 is 1.29 bits per heavy atom. The maximum atomic E-state index is 4.69. The zero-order valence-electron chi connectivity index (χ0n) is 10.2. The third kappa shape index (κ3) is 1.97. The van der Waals surface area contributed by atoms with Crippen molar-refractivity contribution in [2.24, 2.45) is 0 Å². The van der Waals surface area contributed by atoms with Gasteiger partial charge in [0.25, 0.3) is 0 Å². The molecule has 0 aromatic carbocycles. The van der Waals surface area contributed by atoms with Gasteiger partial charge >= 0.3 is 0 Å². The zero-order chi connectivity index (χ0) is 11.7. The Balaban J connectivity index is 2.00. The van der Waals surface area contributed by atoms with Crippen LogP contribution in [0.4, 0.5) is 0 Å². The van der Waals surface area contributed by atoms with Gasteiger partial charge in [0.1, 0.15) is 0 Å². The molecular weight excluding hydrogens is 210 g/mol. The maximum absolute atomic E-state index is 4.69. The van der Waals surface area contributed by atoms with Crippen molar-refractivity contribution in [1.82, 2.24) is 14.8 Å². The van der Waals surface area contributed by atoms with E-state index in [0.29, 0.717) is 0 Å². The Hall–Kier alpha value is -1.64. The predicted octanol–water partition coefficient (Wildman–Crippen LogP) is 2.84. The van der Waals surface area contributed by atoms with Gasteiger partial charge in [-0.15, -0.1) is 0 Å². The van der Waals surface area contributed by atoms with Crippen LogP contribution in [0.15, 0.2) is 24.4 Å². The topological polar surface area (TPSA) is 30.7 Å². The summed E-state index contributed by atoms with van der Waals surface area (Å²) in [6.45, 7) is 3.20. The lowest BCUT2D eigenvalue weighted by Crippen LogP contribution is -2.10. The second-order valence-corrected chi connectivity index (χ2v) is 4.59. The van der Waals surface area contributed by atoms with E-state index in [1.54, 1.807) is 0 Å². The van der Waals surface area contributed by atoms with Crippen molar-refractivity contribution < 1.29 is 0 Å². The molecule has 2 aromatic rings. The SMILES string of the molecule is CCc1cc(-c2cc3n(n2)CCCC3)ccn1. The third-order valence-corrected chi connectivity index (χ3v) is 3.39. The van der Waals surface area contributed by atoms with E-state index in [1.165, 1.54) is 30.5 Å². The van der Waals surface area contributed by atoms with E-state index < -0.39 is 0 Å². The number of pyridine rings is 1. The van der Waals surface area contributed by atoms with Crippen molar-refractivity contribution in [2.45, 2.75) is 39.2 Å². The second kappa shape index (κ2) is 4.32. The summed E-state index contributed by atoms with van der Waals surface area (Å²) in [5, 5.41) is 4.69. The molecule has 0 aliphatic carbocycles. The summed E-state index contributed by atoms with van der Waals surface area (Å²) in [6, 6.07) is 6.43. The van der Waals surface area contributed by atoms with Gasteiger partial charge in [-0.05, 0) is 43.9 Å². The molecule has 0 saturated heterocycles. The first-order valence-corrected chi connectivity index (χ1v) is 6.39. The maximum Gasteiger partial charge on any atom is 0.0927 e. The van der Waals surface area contributed by atoms with Crippen LogP contribution >= 0.6 is 0 Å². The molecule has 3 heteroatoms. The average Bonchev–Trinajstić information content (AvgIpc) is 2.82. The first kappa shape index (κ1) is 10.5. The van der Waals surface area contributed by atoms with Crippen molar-refractivity contribution >= 4 is 0 Å². The predicted molar refractivity (Wildman–Crippen MR) is 67.8 cm³/mol. The fourth-order valence-corrected chi connectivity index (χ4v) is 2.39. The van der Waals surface area contributed by atoms with Crippen LogP contribution in [0.3, 0.4) is 0 Å². The van der Waals surface area contributed by atoms with Crippen LogP contribution in [0.2, 0.25) is 0 Å². The molecule has 0 amide bonds. The van der Waals surface area contributed by atoms with Crippen LogP contribution in [-0.2, 0) is 19.4 Å². The van der Waals surface area contributed by atoms with Gasteiger partial charge < -0.3 is 0 Å². The molecule has 0 fully saturated rings.